The first-order valence-electron chi connectivity index (χ1n) is 7.24. The predicted octanol–water partition coefficient (Wildman–Crippen LogP) is 3.93. The second kappa shape index (κ2) is 8.07. The lowest BCUT2D eigenvalue weighted by atomic mass is 10.2. The molecular weight excluding hydrogens is 270 g/mol. The van der Waals surface area contributed by atoms with Crippen molar-refractivity contribution in [2.45, 2.75) is 39.3 Å². The molecule has 20 heavy (non-hydrogen) atoms. The predicted molar refractivity (Wildman–Crippen MR) is 84.3 cm³/mol. The Balaban J connectivity index is 1.93. The largest absolute Gasteiger partial charge is 0.382 e. The van der Waals surface area contributed by atoms with Gasteiger partial charge >= 0.3 is 0 Å². The van der Waals surface area contributed by atoms with E-state index in [2.05, 4.69) is 39.3 Å². The monoisotopic (exact) mass is 293 g/mol. The molecule has 2 aromatic rings. The molecule has 110 valence electrons. The third-order valence-corrected chi connectivity index (χ3v) is 4.19. The van der Waals surface area contributed by atoms with Gasteiger partial charge in [-0.05, 0) is 31.2 Å². The first-order valence-corrected chi connectivity index (χ1v) is 8.12. The molecule has 0 saturated heterocycles. The fourth-order valence-electron chi connectivity index (χ4n) is 2.13. The molecule has 0 aliphatic rings. The van der Waals surface area contributed by atoms with Crippen molar-refractivity contribution >= 4 is 17.3 Å². The van der Waals surface area contributed by atoms with E-state index in [4.69, 9.17) is 4.74 Å². The van der Waals surface area contributed by atoms with Crippen LogP contribution in [0.4, 0.5) is 5.95 Å². The minimum Gasteiger partial charge on any atom is -0.382 e. The highest BCUT2D eigenvalue weighted by molar-refractivity contribution is 7.10. The average molecular weight is 293 g/mol. The van der Waals surface area contributed by atoms with Gasteiger partial charge in [0.05, 0.1) is 6.04 Å². The molecule has 1 atom stereocenters. The highest BCUT2D eigenvalue weighted by Gasteiger charge is 2.12. The van der Waals surface area contributed by atoms with Crippen molar-refractivity contribution < 1.29 is 4.74 Å². The zero-order valence-electron chi connectivity index (χ0n) is 12.2. The Bertz CT molecular complexity index is 481. The number of hydrogen-bond donors (Lipinski definition) is 1. The van der Waals surface area contributed by atoms with Crippen LogP contribution in [-0.2, 0) is 11.3 Å². The molecule has 0 aromatic carbocycles. The molecule has 0 spiro atoms. The van der Waals surface area contributed by atoms with E-state index in [9.17, 15) is 0 Å². The van der Waals surface area contributed by atoms with Crippen LogP contribution in [0.1, 0.15) is 37.6 Å². The number of thiophene rings is 1. The maximum Gasteiger partial charge on any atom is 0.203 e. The van der Waals surface area contributed by atoms with Gasteiger partial charge in [-0.3, -0.25) is 0 Å². The number of nitrogens with zero attached hydrogens (tertiary/aromatic N) is 2. The smallest absolute Gasteiger partial charge is 0.203 e. The number of imidazole rings is 1. The number of aryl methyl sites for hydroxylation is 1. The van der Waals surface area contributed by atoms with Gasteiger partial charge in [-0.15, -0.1) is 11.3 Å². The second-order valence-electron chi connectivity index (χ2n) is 4.62. The molecule has 2 rings (SSSR count). The Morgan fingerprint density at radius 1 is 1.45 bits per heavy atom. The van der Waals surface area contributed by atoms with Crippen molar-refractivity contribution in [3.63, 3.8) is 0 Å². The van der Waals surface area contributed by atoms with Crippen LogP contribution in [0.15, 0.2) is 29.9 Å². The van der Waals surface area contributed by atoms with Crippen LogP contribution < -0.4 is 5.32 Å². The molecule has 0 aliphatic heterocycles. The molecule has 0 bridgehead atoms. The van der Waals surface area contributed by atoms with E-state index < -0.39 is 0 Å². The van der Waals surface area contributed by atoms with Crippen LogP contribution in [0, 0.1) is 0 Å². The van der Waals surface area contributed by atoms with Crippen LogP contribution in [0.3, 0.4) is 0 Å². The van der Waals surface area contributed by atoms with Crippen LogP contribution in [-0.4, -0.2) is 22.8 Å². The topological polar surface area (TPSA) is 39.1 Å². The maximum atomic E-state index is 5.38. The summed E-state index contributed by atoms with van der Waals surface area (Å²) >= 11 is 1.79. The SMILES string of the molecule is CCOCCCn1ccnc1NC(CC)c1cccs1. The number of nitrogens with one attached hydrogen (secondary N) is 1. The molecule has 0 fully saturated rings. The van der Waals surface area contributed by atoms with Crippen molar-refractivity contribution in [3.8, 4) is 0 Å². The lowest BCUT2D eigenvalue weighted by molar-refractivity contribution is 0.142. The van der Waals surface area contributed by atoms with E-state index in [0.29, 0.717) is 6.04 Å². The summed E-state index contributed by atoms with van der Waals surface area (Å²) in [6.07, 6.45) is 5.93. The van der Waals surface area contributed by atoms with Crippen molar-refractivity contribution in [3.05, 3.63) is 34.8 Å². The van der Waals surface area contributed by atoms with E-state index in [1.54, 1.807) is 11.3 Å². The van der Waals surface area contributed by atoms with Gasteiger partial charge < -0.3 is 14.6 Å². The van der Waals surface area contributed by atoms with Crippen LogP contribution in [0.25, 0.3) is 0 Å². The fraction of sp³-hybridized carbons (Fsp3) is 0.533. The molecule has 2 aromatic heterocycles. The highest BCUT2D eigenvalue weighted by Crippen LogP contribution is 2.25. The normalized spacial score (nSPS) is 12.5. The molecule has 1 N–H and O–H groups in total. The summed E-state index contributed by atoms with van der Waals surface area (Å²) in [5, 5.41) is 5.66. The zero-order valence-corrected chi connectivity index (χ0v) is 13.0. The van der Waals surface area contributed by atoms with Gasteiger partial charge in [-0.1, -0.05) is 13.0 Å². The lowest BCUT2D eigenvalue weighted by Gasteiger charge is -2.17. The first-order chi connectivity index (χ1) is 9.85. The van der Waals surface area contributed by atoms with Crippen molar-refractivity contribution in [2.75, 3.05) is 18.5 Å². The Labute approximate surface area is 124 Å². The summed E-state index contributed by atoms with van der Waals surface area (Å²) in [4.78, 5) is 5.79. The summed E-state index contributed by atoms with van der Waals surface area (Å²) in [6.45, 7) is 6.74. The van der Waals surface area contributed by atoms with Crippen molar-refractivity contribution in [1.82, 2.24) is 9.55 Å². The zero-order chi connectivity index (χ0) is 14.2. The van der Waals surface area contributed by atoms with Crippen LogP contribution >= 0.6 is 11.3 Å². The third-order valence-electron chi connectivity index (χ3n) is 3.21. The third kappa shape index (κ3) is 4.08. The molecule has 1 unspecified atom stereocenters. The minimum atomic E-state index is 0.336. The lowest BCUT2D eigenvalue weighted by Crippen LogP contribution is -2.13. The van der Waals surface area contributed by atoms with Crippen LogP contribution in [0.5, 0.6) is 0 Å². The Morgan fingerprint density at radius 2 is 2.35 bits per heavy atom. The molecule has 4 nitrogen and oxygen atoms in total. The summed E-state index contributed by atoms with van der Waals surface area (Å²) in [5.74, 6) is 0.946. The van der Waals surface area contributed by atoms with Gasteiger partial charge in [-0.2, -0.15) is 0 Å². The number of anilines is 1. The van der Waals surface area contributed by atoms with E-state index in [1.807, 2.05) is 19.3 Å². The summed E-state index contributed by atoms with van der Waals surface area (Å²) in [7, 11) is 0. The number of ether oxygens (including phenoxy) is 1. The van der Waals surface area contributed by atoms with Gasteiger partial charge in [0.15, 0.2) is 0 Å². The van der Waals surface area contributed by atoms with Gasteiger partial charge in [0.1, 0.15) is 0 Å². The molecule has 0 radical (unpaired) electrons. The van der Waals surface area contributed by atoms with Gasteiger partial charge in [0.25, 0.3) is 0 Å². The number of aromatic nitrogens is 2. The molecule has 0 amide bonds. The van der Waals surface area contributed by atoms with E-state index in [-0.39, 0.29) is 0 Å². The average Bonchev–Trinajstić information content (AvgIpc) is 3.12. The first kappa shape index (κ1) is 15.1. The van der Waals surface area contributed by atoms with Gasteiger partial charge in [-0.25, -0.2) is 4.98 Å². The Kier molecular flexibility index (Phi) is 6.08. The van der Waals surface area contributed by atoms with E-state index in [0.717, 1.165) is 38.5 Å². The number of hydrogen-bond acceptors (Lipinski definition) is 4. The van der Waals surface area contributed by atoms with Crippen LogP contribution in [0.2, 0.25) is 0 Å². The highest BCUT2D eigenvalue weighted by atomic mass is 32.1. The summed E-state index contributed by atoms with van der Waals surface area (Å²) in [6, 6.07) is 4.61. The quantitative estimate of drug-likeness (QED) is 0.712. The molecular formula is C15H23N3OS. The molecule has 5 heteroatoms. The Hall–Kier alpha value is -1.33. The molecule has 0 aliphatic carbocycles. The number of rotatable bonds is 9. The summed E-state index contributed by atoms with van der Waals surface area (Å²) < 4.78 is 7.54. The molecule has 2 heterocycles. The summed E-state index contributed by atoms with van der Waals surface area (Å²) in [5.41, 5.74) is 0. The standard InChI is InChI=1S/C15H23N3OS/c1-3-13(14-7-5-12-20-14)17-15-16-8-10-18(15)9-6-11-19-4-2/h5,7-8,10,12-13H,3-4,6,9,11H2,1-2H3,(H,16,17). The minimum absolute atomic E-state index is 0.336. The van der Waals surface area contributed by atoms with E-state index in [1.165, 1.54) is 4.88 Å². The van der Waals surface area contributed by atoms with Crippen molar-refractivity contribution in [2.24, 2.45) is 0 Å². The second-order valence-corrected chi connectivity index (χ2v) is 5.59. The molecule has 0 saturated carbocycles. The van der Waals surface area contributed by atoms with Gasteiger partial charge in [0, 0.05) is 37.0 Å². The Morgan fingerprint density at radius 3 is 3.05 bits per heavy atom. The van der Waals surface area contributed by atoms with E-state index >= 15 is 0 Å². The fourth-order valence-corrected chi connectivity index (χ4v) is 2.99. The maximum absolute atomic E-state index is 5.38. The van der Waals surface area contributed by atoms with Crippen molar-refractivity contribution in [1.29, 1.82) is 0 Å². The van der Waals surface area contributed by atoms with Gasteiger partial charge in [0.2, 0.25) is 5.95 Å².